The molecular formula is C8H11N3O3S. The summed E-state index contributed by atoms with van der Waals surface area (Å²) in [7, 11) is -2.87. The Morgan fingerprint density at radius 2 is 2.00 bits per heavy atom. The summed E-state index contributed by atoms with van der Waals surface area (Å²) in [4.78, 5) is 14.7. The fraction of sp³-hybridized carbons (Fsp3) is 0.625. The summed E-state index contributed by atoms with van der Waals surface area (Å²) in [5.41, 5.74) is 0.106. The van der Waals surface area contributed by atoms with Gasteiger partial charge in [-0.15, -0.1) is 0 Å². The average molecular weight is 229 g/mol. The van der Waals surface area contributed by atoms with Gasteiger partial charge in [-0.3, -0.25) is 0 Å². The Labute approximate surface area is 86.7 Å². The summed E-state index contributed by atoms with van der Waals surface area (Å²) in [5.74, 6) is 0.390. The van der Waals surface area contributed by atoms with Crippen molar-refractivity contribution < 1.29 is 8.42 Å². The maximum absolute atomic E-state index is 11.2. The first-order valence-electron chi connectivity index (χ1n) is 4.69. The molecule has 2 rings (SSSR count). The first-order valence-corrected chi connectivity index (χ1v) is 6.51. The van der Waals surface area contributed by atoms with Gasteiger partial charge >= 0.3 is 5.69 Å². The molecule has 0 atom stereocenters. The quantitative estimate of drug-likeness (QED) is 0.698. The highest BCUT2D eigenvalue weighted by Crippen LogP contribution is 2.26. The van der Waals surface area contributed by atoms with E-state index < -0.39 is 15.5 Å². The van der Waals surface area contributed by atoms with E-state index in [0.29, 0.717) is 18.5 Å². The third-order valence-corrected chi connectivity index (χ3v) is 4.28. The van der Waals surface area contributed by atoms with E-state index in [1.807, 2.05) is 0 Å². The number of aromatic nitrogens is 3. The molecule has 0 unspecified atom stereocenters. The highest BCUT2D eigenvalue weighted by molar-refractivity contribution is 7.91. The zero-order valence-corrected chi connectivity index (χ0v) is 8.83. The molecule has 0 aliphatic carbocycles. The van der Waals surface area contributed by atoms with Crippen LogP contribution in [-0.2, 0) is 9.84 Å². The van der Waals surface area contributed by atoms with Gasteiger partial charge in [-0.25, -0.2) is 18.3 Å². The minimum atomic E-state index is -2.87. The lowest BCUT2D eigenvalue weighted by atomic mass is 10.00. The van der Waals surface area contributed by atoms with Crippen LogP contribution in [0.1, 0.15) is 24.5 Å². The molecule has 0 spiro atoms. The SMILES string of the molecule is O=c1nc(C2CCS(=O)(=O)CC2)cn[nH]1. The number of sulfone groups is 1. The Morgan fingerprint density at radius 3 is 2.60 bits per heavy atom. The van der Waals surface area contributed by atoms with E-state index in [4.69, 9.17) is 0 Å². The van der Waals surface area contributed by atoms with Crippen LogP contribution in [0.5, 0.6) is 0 Å². The molecule has 0 radical (unpaired) electrons. The number of hydrogen-bond donors (Lipinski definition) is 1. The first-order chi connectivity index (χ1) is 7.07. The number of H-pyrrole nitrogens is 1. The molecule has 15 heavy (non-hydrogen) atoms. The van der Waals surface area contributed by atoms with Crippen molar-refractivity contribution in [1.82, 2.24) is 15.2 Å². The minimum absolute atomic E-state index is 0.0447. The van der Waals surface area contributed by atoms with Gasteiger partial charge in [0.05, 0.1) is 23.4 Å². The van der Waals surface area contributed by atoms with Crippen LogP contribution in [0, 0.1) is 0 Å². The molecule has 1 aliphatic heterocycles. The molecular weight excluding hydrogens is 218 g/mol. The second-order valence-electron chi connectivity index (χ2n) is 3.64. The summed E-state index contributed by atoms with van der Waals surface area (Å²) in [5, 5.41) is 5.84. The first kappa shape index (κ1) is 10.3. The summed E-state index contributed by atoms with van der Waals surface area (Å²) in [6.45, 7) is 0. The third-order valence-electron chi connectivity index (χ3n) is 2.56. The lowest BCUT2D eigenvalue weighted by Crippen LogP contribution is -2.25. The molecule has 1 N–H and O–H groups in total. The number of hydrogen-bond acceptors (Lipinski definition) is 5. The minimum Gasteiger partial charge on any atom is -0.244 e. The van der Waals surface area contributed by atoms with Gasteiger partial charge in [0.1, 0.15) is 9.84 Å². The summed E-state index contributed by atoms with van der Waals surface area (Å²) in [6, 6.07) is 0. The van der Waals surface area contributed by atoms with Crippen LogP contribution < -0.4 is 5.69 Å². The van der Waals surface area contributed by atoms with E-state index in [9.17, 15) is 13.2 Å². The molecule has 6 nitrogen and oxygen atoms in total. The van der Waals surface area contributed by atoms with Crippen molar-refractivity contribution in [3.05, 3.63) is 22.4 Å². The van der Waals surface area contributed by atoms with E-state index in [1.165, 1.54) is 6.20 Å². The van der Waals surface area contributed by atoms with Crippen LogP contribution in [0.25, 0.3) is 0 Å². The van der Waals surface area contributed by atoms with Gasteiger partial charge in [-0.05, 0) is 12.8 Å². The van der Waals surface area contributed by atoms with Crippen LogP contribution in [0.3, 0.4) is 0 Å². The second-order valence-corrected chi connectivity index (χ2v) is 5.94. The predicted octanol–water partition coefficient (Wildman–Crippen LogP) is -0.543. The van der Waals surface area contributed by atoms with Gasteiger partial charge in [0.15, 0.2) is 0 Å². The van der Waals surface area contributed by atoms with E-state index in [2.05, 4.69) is 15.2 Å². The monoisotopic (exact) mass is 229 g/mol. The molecule has 0 aromatic carbocycles. The number of nitrogens with one attached hydrogen (secondary N) is 1. The zero-order valence-electron chi connectivity index (χ0n) is 8.01. The highest BCUT2D eigenvalue weighted by atomic mass is 32.2. The predicted molar refractivity (Wildman–Crippen MR) is 53.3 cm³/mol. The molecule has 7 heteroatoms. The van der Waals surface area contributed by atoms with Crippen LogP contribution >= 0.6 is 0 Å². The molecule has 1 saturated heterocycles. The van der Waals surface area contributed by atoms with Crippen LogP contribution in [0.15, 0.2) is 11.0 Å². The van der Waals surface area contributed by atoms with Crippen molar-refractivity contribution >= 4 is 9.84 Å². The Kier molecular flexibility index (Phi) is 2.56. The number of nitrogens with zero attached hydrogens (tertiary/aromatic N) is 2. The number of rotatable bonds is 1. The van der Waals surface area contributed by atoms with Crippen LogP contribution in [-0.4, -0.2) is 35.1 Å². The number of aromatic amines is 1. The summed E-state index contributed by atoms with van der Waals surface area (Å²) >= 11 is 0. The molecule has 1 aromatic heterocycles. The maximum Gasteiger partial charge on any atom is 0.361 e. The second kappa shape index (κ2) is 3.73. The Balaban J connectivity index is 2.18. The third kappa shape index (κ3) is 2.41. The normalized spacial score (nSPS) is 21.3. The van der Waals surface area contributed by atoms with Gasteiger partial charge in [-0.1, -0.05) is 0 Å². The van der Waals surface area contributed by atoms with Gasteiger partial charge in [-0.2, -0.15) is 10.1 Å². The van der Waals surface area contributed by atoms with Crippen molar-refractivity contribution in [3.8, 4) is 0 Å². The standard InChI is InChI=1S/C8H11N3O3S/c12-8-10-7(5-9-11-8)6-1-3-15(13,14)4-2-6/h5-6H,1-4H2,(H,10,11,12). The Morgan fingerprint density at radius 1 is 1.33 bits per heavy atom. The lowest BCUT2D eigenvalue weighted by molar-refractivity contribution is 0.541. The lowest BCUT2D eigenvalue weighted by Gasteiger charge is -2.20. The van der Waals surface area contributed by atoms with Gasteiger partial charge < -0.3 is 0 Å². The molecule has 0 bridgehead atoms. The highest BCUT2D eigenvalue weighted by Gasteiger charge is 2.25. The van der Waals surface area contributed by atoms with E-state index >= 15 is 0 Å². The Bertz CT molecular complexity index is 494. The fourth-order valence-electron chi connectivity index (χ4n) is 1.71. The van der Waals surface area contributed by atoms with Crippen molar-refractivity contribution in [1.29, 1.82) is 0 Å². The van der Waals surface area contributed by atoms with Crippen molar-refractivity contribution in [3.63, 3.8) is 0 Å². The maximum atomic E-state index is 11.2. The van der Waals surface area contributed by atoms with Gasteiger partial charge in [0.2, 0.25) is 0 Å². The molecule has 1 aliphatic rings. The topological polar surface area (TPSA) is 92.8 Å². The largest absolute Gasteiger partial charge is 0.361 e. The van der Waals surface area contributed by atoms with Crippen molar-refractivity contribution in [2.24, 2.45) is 0 Å². The van der Waals surface area contributed by atoms with E-state index in [1.54, 1.807) is 0 Å². The van der Waals surface area contributed by atoms with Crippen molar-refractivity contribution in [2.45, 2.75) is 18.8 Å². The average Bonchev–Trinajstić information content (AvgIpc) is 2.17. The smallest absolute Gasteiger partial charge is 0.244 e. The molecule has 0 amide bonds. The molecule has 1 aromatic rings. The van der Waals surface area contributed by atoms with E-state index in [-0.39, 0.29) is 17.4 Å². The molecule has 2 heterocycles. The van der Waals surface area contributed by atoms with Gasteiger partial charge in [0.25, 0.3) is 0 Å². The molecule has 82 valence electrons. The molecule has 0 saturated carbocycles. The summed E-state index contributed by atoms with van der Waals surface area (Å²) in [6.07, 6.45) is 2.55. The van der Waals surface area contributed by atoms with Crippen LogP contribution in [0.2, 0.25) is 0 Å². The summed E-state index contributed by atoms with van der Waals surface area (Å²) < 4.78 is 22.4. The van der Waals surface area contributed by atoms with Crippen LogP contribution in [0.4, 0.5) is 0 Å². The molecule has 1 fully saturated rings. The van der Waals surface area contributed by atoms with E-state index in [0.717, 1.165) is 0 Å². The Hall–Kier alpha value is -1.24. The fourth-order valence-corrected chi connectivity index (χ4v) is 3.20. The zero-order chi connectivity index (χ0) is 10.9. The van der Waals surface area contributed by atoms with Gasteiger partial charge in [0, 0.05) is 5.92 Å². The van der Waals surface area contributed by atoms with Crippen molar-refractivity contribution in [2.75, 3.05) is 11.5 Å².